The Hall–Kier alpha value is -0.340. The van der Waals surface area contributed by atoms with Crippen LogP contribution in [0.4, 0.5) is 0 Å². The Morgan fingerprint density at radius 1 is 1.58 bits per heavy atom. The van der Waals surface area contributed by atoms with E-state index in [1.54, 1.807) is 0 Å². The van der Waals surface area contributed by atoms with Crippen molar-refractivity contribution in [3.8, 4) is 0 Å². The maximum atomic E-state index is 9.31. The molecule has 2 heteroatoms. The smallest absolute Gasteiger partial charge is 0.0776 e. The Bertz CT molecular complexity index is 102. The number of rotatable bonds is 8. The number of aliphatic hydroxyl groups excluding tert-OH is 1. The van der Waals surface area contributed by atoms with E-state index in [2.05, 4.69) is 13.5 Å². The molecule has 1 N–H and O–H groups in total. The number of ether oxygens (including phenoxy) is 1. The summed E-state index contributed by atoms with van der Waals surface area (Å²) in [6, 6.07) is 0. The second-order valence-corrected chi connectivity index (χ2v) is 2.95. The zero-order valence-electron chi connectivity index (χ0n) is 7.96. The van der Waals surface area contributed by atoms with Gasteiger partial charge >= 0.3 is 0 Å². The van der Waals surface area contributed by atoms with Crippen LogP contribution in [-0.2, 0) is 4.74 Å². The Morgan fingerprint density at radius 2 is 2.33 bits per heavy atom. The van der Waals surface area contributed by atoms with Crippen LogP contribution in [0.2, 0.25) is 0 Å². The summed E-state index contributed by atoms with van der Waals surface area (Å²) in [6.45, 7) is 6.94. The molecule has 0 unspecified atom stereocenters. The fourth-order valence-electron chi connectivity index (χ4n) is 0.859. The first-order valence-electron chi connectivity index (χ1n) is 4.68. The number of allylic oxidation sites excluding steroid dienone is 1. The highest BCUT2D eigenvalue weighted by molar-refractivity contribution is 4.68. The highest BCUT2D eigenvalue weighted by Gasteiger charge is 2.01. The van der Waals surface area contributed by atoms with Gasteiger partial charge in [0.25, 0.3) is 0 Å². The summed E-state index contributed by atoms with van der Waals surface area (Å²) in [7, 11) is 0. The van der Waals surface area contributed by atoms with Crippen LogP contribution >= 0.6 is 0 Å². The number of hydrogen-bond donors (Lipinski definition) is 1. The van der Waals surface area contributed by atoms with Crippen molar-refractivity contribution in [2.24, 2.45) is 0 Å². The summed E-state index contributed by atoms with van der Waals surface area (Å²) >= 11 is 0. The molecule has 0 saturated heterocycles. The number of hydrogen-bond acceptors (Lipinski definition) is 2. The molecule has 1 atom stereocenters. The monoisotopic (exact) mass is 172 g/mol. The van der Waals surface area contributed by atoms with Crippen molar-refractivity contribution >= 4 is 0 Å². The predicted octanol–water partition coefficient (Wildman–Crippen LogP) is 2.13. The minimum atomic E-state index is -0.320. The lowest BCUT2D eigenvalue weighted by Gasteiger charge is -2.09. The van der Waals surface area contributed by atoms with Crippen molar-refractivity contribution in [2.45, 2.75) is 38.7 Å². The average Bonchev–Trinajstić information content (AvgIpc) is 2.09. The molecule has 0 saturated carbocycles. The van der Waals surface area contributed by atoms with Crippen LogP contribution in [0, 0.1) is 0 Å². The van der Waals surface area contributed by atoms with Gasteiger partial charge in [0.2, 0.25) is 0 Å². The van der Waals surface area contributed by atoms with E-state index in [1.165, 1.54) is 0 Å². The van der Waals surface area contributed by atoms with Gasteiger partial charge < -0.3 is 9.84 Å². The van der Waals surface area contributed by atoms with Gasteiger partial charge in [0, 0.05) is 6.61 Å². The fraction of sp³-hybridized carbons (Fsp3) is 0.800. The van der Waals surface area contributed by atoms with Crippen molar-refractivity contribution in [1.29, 1.82) is 0 Å². The van der Waals surface area contributed by atoms with E-state index < -0.39 is 0 Å². The average molecular weight is 172 g/mol. The molecule has 0 aromatic carbocycles. The maximum Gasteiger partial charge on any atom is 0.0776 e. The highest BCUT2D eigenvalue weighted by atomic mass is 16.5. The van der Waals surface area contributed by atoms with Crippen molar-refractivity contribution < 1.29 is 9.84 Å². The number of unbranched alkanes of at least 4 members (excludes halogenated alkanes) is 1. The second-order valence-electron chi connectivity index (χ2n) is 2.95. The summed E-state index contributed by atoms with van der Waals surface area (Å²) in [4.78, 5) is 0. The molecule has 0 spiro atoms. The second kappa shape index (κ2) is 8.75. The molecular formula is C10H20O2. The van der Waals surface area contributed by atoms with Gasteiger partial charge in [-0.2, -0.15) is 0 Å². The van der Waals surface area contributed by atoms with Gasteiger partial charge in [0.05, 0.1) is 12.7 Å². The quantitative estimate of drug-likeness (QED) is 0.449. The minimum absolute atomic E-state index is 0.320. The van der Waals surface area contributed by atoms with Crippen molar-refractivity contribution in [1.82, 2.24) is 0 Å². The molecule has 0 aliphatic rings. The van der Waals surface area contributed by atoms with Crippen LogP contribution in [0.25, 0.3) is 0 Å². The molecule has 0 heterocycles. The molecule has 0 rings (SSSR count). The molecule has 0 radical (unpaired) electrons. The van der Waals surface area contributed by atoms with Gasteiger partial charge in [-0.1, -0.05) is 19.4 Å². The molecular weight excluding hydrogens is 152 g/mol. The van der Waals surface area contributed by atoms with E-state index in [0.717, 1.165) is 32.3 Å². The van der Waals surface area contributed by atoms with Gasteiger partial charge in [-0.25, -0.2) is 0 Å². The van der Waals surface area contributed by atoms with E-state index in [9.17, 15) is 5.11 Å². The van der Waals surface area contributed by atoms with Crippen LogP contribution in [0.3, 0.4) is 0 Å². The molecule has 72 valence electrons. The first kappa shape index (κ1) is 11.7. The molecule has 2 nitrogen and oxygen atoms in total. The lowest BCUT2D eigenvalue weighted by atomic mass is 10.2. The summed E-state index contributed by atoms with van der Waals surface area (Å²) in [5.74, 6) is 0. The lowest BCUT2D eigenvalue weighted by Crippen LogP contribution is -2.15. The van der Waals surface area contributed by atoms with Gasteiger partial charge in [-0.3, -0.25) is 0 Å². The van der Waals surface area contributed by atoms with E-state index in [-0.39, 0.29) is 6.10 Å². The minimum Gasteiger partial charge on any atom is -0.391 e. The molecule has 0 aliphatic carbocycles. The Kier molecular flexibility index (Phi) is 8.51. The van der Waals surface area contributed by atoms with Crippen molar-refractivity contribution in [3.63, 3.8) is 0 Å². The zero-order valence-corrected chi connectivity index (χ0v) is 7.96. The van der Waals surface area contributed by atoms with Crippen LogP contribution in [0.1, 0.15) is 32.6 Å². The fourth-order valence-corrected chi connectivity index (χ4v) is 0.859. The molecule has 0 aromatic rings. The third kappa shape index (κ3) is 7.76. The van der Waals surface area contributed by atoms with Gasteiger partial charge in [0.1, 0.15) is 0 Å². The van der Waals surface area contributed by atoms with Crippen LogP contribution < -0.4 is 0 Å². The summed E-state index contributed by atoms with van der Waals surface area (Å²) in [5, 5.41) is 9.31. The standard InChI is InChI=1S/C10H20O2/c1-3-5-7-10(11)9-12-8-6-4-2/h3,10-11H,1,4-9H2,2H3/t10-/m0/s1. The molecule has 0 aliphatic heterocycles. The molecule has 0 fully saturated rings. The highest BCUT2D eigenvalue weighted by Crippen LogP contribution is 1.98. The summed E-state index contributed by atoms with van der Waals surface area (Å²) < 4.78 is 5.25. The first-order chi connectivity index (χ1) is 5.81. The lowest BCUT2D eigenvalue weighted by molar-refractivity contribution is 0.0320. The van der Waals surface area contributed by atoms with Crippen LogP contribution in [0.5, 0.6) is 0 Å². The van der Waals surface area contributed by atoms with Gasteiger partial charge in [0.15, 0.2) is 0 Å². The van der Waals surface area contributed by atoms with E-state index in [1.807, 2.05) is 6.08 Å². The molecule has 12 heavy (non-hydrogen) atoms. The zero-order chi connectivity index (χ0) is 9.23. The third-order valence-corrected chi connectivity index (χ3v) is 1.66. The topological polar surface area (TPSA) is 29.5 Å². The van der Waals surface area contributed by atoms with Crippen LogP contribution in [0.15, 0.2) is 12.7 Å². The van der Waals surface area contributed by atoms with Crippen molar-refractivity contribution in [3.05, 3.63) is 12.7 Å². The van der Waals surface area contributed by atoms with E-state index in [0.29, 0.717) is 6.61 Å². The van der Waals surface area contributed by atoms with Gasteiger partial charge in [-0.05, 0) is 19.3 Å². The molecule has 0 bridgehead atoms. The third-order valence-electron chi connectivity index (χ3n) is 1.66. The summed E-state index contributed by atoms with van der Waals surface area (Å²) in [6.07, 6.45) is 5.33. The normalized spacial score (nSPS) is 12.8. The van der Waals surface area contributed by atoms with E-state index >= 15 is 0 Å². The maximum absolute atomic E-state index is 9.31. The Morgan fingerprint density at radius 3 is 2.92 bits per heavy atom. The first-order valence-corrected chi connectivity index (χ1v) is 4.68. The number of aliphatic hydroxyl groups is 1. The largest absolute Gasteiger partial charge is 0.391 e. The Balaban J connectivity index is 3.07. The Labute approximate surface area is 75.2 Å². The predicted molar refractivity (Wildman–Crippen MR) is 51.2 cm³/mol. The molecule has 0 amide bonds. The van der Waals surface area contributed by atoms with Gasteiger partial charge in [-0.15, -0.1) is 6.58 Å². The van der Waals surface area contributed by atoms with Crippen molar-refractivity contribution in [2.75, 3.05) is 13.2 Å². The van der Waals surface area contributed by atoms with E-state index in [4.69, 9.17) is 4.74 Å². The SMILES string of the molecule is C=CCC[C@H](O)COCCCC. The van der Waals surface area contributed by atoms with Crippen LogP contribution in [-0.4, -0.2) is 24.4 Å². The molecule has 0 aromatic heterocycles. The summed E-state index contributed by atoms with van der Waals surface area (Å²) in [5.41, 5.74) is 0.